The lowest BCUT2D eigenvalue weighted by Gasteiger charge is -2.15. The number of nitrogens with zero attached hydrogens (tertiary/aromatic N) is 1. The number of carbonyl (C=O) groups is 1. The van der Waals surface area contributed by atoms with Gasteiger partial charge in [0, 0.05) is 25.9 Å². The summed E-state index contributed by atoms with van der Waals surface area (Å²) in [5.74, 6) is -0.901. The van der Waals surface area contributed by atoms with Crippen LogP contribution in [0.3, 0.4) is 0 Å². The fourth-order valence-electron chi connectivity index (χ4n) is 2.51. The van der Waals surface area contributed by atoms with E-state index < -0.39 is 5.97 Å². The van der Waals surface area contributed by atoms with Crippen molar-refractivity contribution in [3.8, 4) is 0 Å². The summed E-state index contributed by atoms with van der Waals surface area (Å²) in [5, 5.41) is 8.81. The summed E-state index contributed by atoms with van der Waals surface area (Å²) in [6.45, 7) is 2.23. The van der Waals surface area contributed by atoms with Gasteiger partial charge in [-0.25, -0.2) is 4.79 Å². The maximum atomic E-state index is 10.7. The maximum Gasteiger partial charge on any atom is 0.328 e. The molecule has 0 saturated carbocycles. The predicted molar refractivity (Wildman–Crippen MR) is 94.5 cm³/mol. The van der Waals surface area contributed by atoms with Gasteiger partial charge in [0.05, 0.1) is 0 Å². The topological polar surface area (TPSA) is 40.5 Å². The molecule has 3 heteroatoms. The molecule has 0 amide bonds. The van der Waals surface area contributed by atoms with Crippen LogP contribution in [0.1, 0.15) is 56.6 Å². The quantitative estimate of drug-likeness (QED) is 0.501. The van der Waals surface area contributed by atoms with E-state index in [0.717, 1.165) is 24.1 Å². The molecule has 1 rings (SSSR count). The van der Waals surface area contributed by atoms with Gasteiger partial charge in [0.15, 0.2) is 0 Å². The second-order valence-electron chi connectivity index (χ2n) is 5.97. The van der Waals surface area contributed by atoms with Gasteiger partial charge >= 0.3 is 5.97 Å². The number of carboxylic acid groups (broad SMARTS) is 1. The van der Waals surface area contributed by atoms with Crippen molar-refractivity contribution in [2.45, 2.75) is 51.9 Å². The van der Waals surface area contributed by atoms with Gasteiger partial charge in [-0.1, -0.05) is 45.1 Å². The minimum absolute atomic E-state index is 0.901. The highest BCUT2D eigenvalue weighted by atomic mass is 16.4. The molecule has 1 aromatic rings. The van der Waals surface area contributed by atoms with Gasteiger partial charge in [-0.05, 0) is 42.2 Å². The van der Waals surface area contributed by atoms with E-state index in [1.165, 1.54) is 43.7 Å². The molecule has 122 valence electrons. The number of rotatable bonds is 10. The Kier molecular flexibility index (Phi) is 8.34. The number of hydrogen-bond donors (Lipinski definition) is 1. The zero-order valence-electron chi connectivity index (χ0n) is 14.1. The van der Waals surface area contributed by atoms with Crippen LogP contribution in [-0.4, -0.2) is 25.2 Å². The Balaban J connectivity index is 2.70. The van der Waals surface area contributed by atoms with Crippen LogP contribution >= 0.6 is 0 Å². The fraction of sp³-hybridized carbons (Fsp3) is 0.526. The van der Waals surface area contributed by atoms with Gasteiger partial charge < -0.3 is 10.0 Å². The first-order valence-corrected chi connectivity index (χ1v) is 8.26. The van der Waals surface area contributed by atoms with Crippen LogP contribution in [0.15, 0.2) is 24.3 Å². The maximum absolute atomic E-state index is 10.7. The molecule has 22 heavy (non-hydrogen) atoms. The first kappa shape index (κ1) is 18.3. The number of anilines is 1. The normalized spacial score (nSPS) is 11.0. The van der Waals surface area contributed by atoms with E-state index in [4.69, 9.17) is 5.11 Å². The largest absolute Gasteiger partial charge is 0.478 e. The van der Waals surface area contributed by atoms with Crippen molar-refractivity contribution >= 4 is 17.7 Å². The summed E-state index contributed by atoms with van der Waals surface area (Å²) in [5.41, 5.74) is 3.41. The monoisotopic (exact) mass is 303 g/mol. The van der Waals surface area contributed by atoms with Gasteiger partial charge in [0.25, 0.3) is 0 Å². The minimum atomic E-state index is -0.901. The van der Waals surface area contributed by atoms with E-state index >= 15 is 0 Å². The summed E-state index contributed by atoms with van der Waals surface area (Å²) in [6.07, 6.45) is 11.5. The van der Waals surface area contributed by atoms with Gasteiger partial charge in [0.2, 0.25) is 0 Å². The van der Waals surface area contributed by atoms with Crippen LogP contribution in [0.5, 0.6) is 0 Å². The number of benzene rings is 1. The Morgan fingerprint density at radius 2 is 1.82 bits per heavy atom. The van der Waals surface area contributed by atoms with Crippen LogP contribution in [0.25, 0.3) is 6.08 Å². The molecule has 0 unspecified atom stereocenters. The van der Waals surface area contributed by atoms with Crippen molar-refractivity contribution in [3.63, 3.8) is 0 Å². The Hall–Kier alpha value is -1.77. The molecule has 3 nitrogen and oxygen atoms in total. The molecule has 0 heterocycles. The van der Waals surface area contributed by atoms with Gasteiger partial charge in [-0.3, -0.25) is 0 Å². The molecule has 0 aromatic heterocycles. The first-order valence-electron chi connectivity index (χ1n) is 8.26. The lowest BCUT2D eigenvalue weighted by atomic mass is 9.99. The summed E-state index contributed by atoms with van der Waals surface area (Å²) in [6, 6.07) is 6.22. The minimum Gasteiger partial charge on any atom is -0.478 e. The van der Waals surface area contributed by atoms with E-state index in [-0.39, 0.29) is 0 Å². The van der Waals surface area contributed by atoms with Crippen molar-refractivity contribution in [2.24, 2.45) is 0 Å². The summed E-state index contributed by atoms with van der Waals surface area (Å²) in [4.78, 5) is 12.8. The molecule has 0 saturated heterocycles. The van der Waals surface area contributed by atoms with Crippen molar-refractivity contribution in [1.82, 2.24) is 0 Å². The molecular weight excluding hydrogens is 274 g/mol. The zero-order chi connectivity index (χ0) is 16.4. The molecule has 0 bridgehead atoms. The Morgan fingerprint density at radius 1 is 1.14 bits per heavy atom. The SMILES string of the molecule is CCCCCCCCc1cc(N(C)C)ccc1/C=C/C(=O)O. The third kappa shape index (κ3) is 6.79. The molecule has 0 aliphatic heterocycles. The van der Waals surface area contributed by atoms with Gasteiger partial charge in [0.1, 0.15) is 0 Å². The standard InChI is InChI=1S/C19H29NO2/c1-4-5-6-7-8-9-10-17-15-18(20(2)3)13-11-16(17)12-14-19(21)22/h11-15H,4-10H2,1-3H3,(H,21,22)/b14-12+. The number of hydrogen-bond acceptors (Lipinski definition) is 2. The van der Waals surface area contributed by atoms with E-state index in [0.29, 0.717) is 0 Å². The highest BCUT2D eigenvalue weighted by Crippen LogP contribution is 2.21. The van der Waals surface area contributed by atoms with E-state index in [1.54, 1.807) is 6.08 Å². The lowest BCUT2D eigenvalue weighted by molar-refractivity contribution is -0.131. The molecule has 0 atom stereocenters. The van der Waals surface area contributed by atoms with E-state index in [9.17, 15) is 4.79 Å². The van der Waals surface area contributed by atoms with Crippen LogP contribution in [-0.2, 0) is 11.2 Å². The zero-order valence-corrected chi connectivity index (χ0v) is 14.1. The van der Waals surface area contributed by atoms with Crippen molar-refractivity contribution < 1.29 is 9.90 Å². The fourth-order valence-corrected chi connectivity index (χ4v) is 2.51. The third-order valence-electron chi connectivity index (χ3n) is 3.85. The Labute approximate surface area is 134 Å². The molecule has 1 aromatic carbocycles. The second kappa shape index (κ2) is 10.0. The second-order valence-corrected chi connectivity index (χ2v) is 5.97. The molecule has 0 spiro atoms. The average molecular weight is 303 g/mol. The van der Waals surface area contributed by atoms with Crippen molar-refractivity contribution in [2.75, 3.05) is 19.0 Å². The van der Waals surface area contributed by atoms with Gasteiger partial charge in [-0.15, -0.1) is 0 Å². The molecule has 1 N–H and O–H groups in total. The van der Waals surface area contributed by atoms with Crippen LogP contribution in [0.4, 0.5) is 5.69 Å². The number of aliphatic carboxylic acids is 1. The number of carboxylic acids is 1. The summed E-state index contributed by atoms with van der Waals surface area (Å²) >= 11 is 0. The highest BCUT2D eigenvalue weighted by molar-refractivity contribution is 5.85. The molecule has 0 aliphatic carbocycles. The Bertz CT molecular complexity index is 492. The van der Waals surface area contributed by atoms with Crippen LogP contribution < -0.4 is 4.90 Å². The summed E-state index contributed by atoms with van der Waals surface area (Å²) in [7, 11) is 4.05. The van der Waals surface area contributed by atoms with Crippen LogP contribution in [0, 0.1) is 0 Å². The average Bonchev–Trinajstić information content (AvgIpc) is 2.49. The van der Waals surface area contributed by atoms with E-state index in [1.807, 2.05) is 26.2 Å². The lowest BCUT2D eigenvalue weighted by Crippen LogP contribution is -2.09. The smallest absolute Gasteiger partial charge is 0.328 e. The van der Waals surface area contributed by atoms with Crippen molar-refractivity contribution in [1.29, 1.82) is 0 Å². The third-order valence-corrected chi connectivity index (χ3v) is 3.85. The molecule has 0 aliphatic rings. The number of unbranched alkanes of at least 4 members (excludes halogenated alkanes) is 5. The number of aryl methyl sites for hydroxylation is 1. The van der Waals surface area contributed by atoms with Crippen LogP contribution in [0.2, 0.25) is 0 Å². The van der Waals surface area contributed by atoms with E-state index in [2.05, 4.69) is 17.9 Å². The predicted octanol–water partition coefficient (Wildman–Crippen LogP) is 4.75. The van der Waals surface area contributed by atoms with Gasteiger partial charge in [-0.2, -0.15) is 0 Å². The molecule has 0 radical (unpaired) electrons. The molecular formula is C19H29NO2. The first-order chi connectivity index (χ1) is 10.5. The van der Waals surface area contributed by atoms with Crippen molar-refractivity contribution in [3.05, 3.63) is 35.4 Å². The Morgan fingerprint density at radius 3 is 2.45 bits per heavy atom. The molecule has 0 fully saturated rings. The summed E-state index contributed by atoms with van der Waals surface area (Å²) < 4.78 is 0. The highest BCUT2D eigenvalue weighted by Gasteiger charge is 2.04.